The van der Waals surface area contributed by atoms with Crippen molar-refractivity contribution in [3.8, 4) is 5.75 Å². The van der Waals surface area contributed by atoms with Crippen molar-refractivity contribution in [2.24, 2.45) is 0 Å². The number of benzene rings is 2. The molecule has 2 aromatic rings. The maximum atomic E-state index is 13.8. The number of methoxy groups -OCH3 is 1. The number of rotatable bonds is 4. The summed E-state index contributed by atoms with van der Waals surface area (Å²) in [5.74, 6) is 0.132. The monoisotopic (exact) mass is 287 g/mol. The van der Waals surface area contributed by atoms with Gasteiger partial charge in [-0.3, -0.25) is 4.79 Å². The number of carbonyl (C=O) groups is 1. The van der Waals surface area contributed by atoms with Crippen LogP contribution in [0.25, 0.3) is 0 Å². The van der Waals surface area contributed by atoms with Crippen molar-refractivity contribution < 1.29 is 13.9 Å². The fraction of sp³-hybridized carbons (Fsp3) is 0.235. The minimum Gasteiger partial charge on any atom is -0.497 e. The van der Waals surface area contributed by atoms with E-state index in [4.69, 9.17) is 4.74 Å². The molecule has 0 bridgehead atoms. The fourth-order valence-electron chi connectivity index (χ4n) is 2.16. The van der Waals surface area contributed by atoms with Crippen molar-refractivity contribution in [1.82, 2.24) is 4.90 Å². The Balaban J connectivity index is 2.24. The zero-order valence-electron chi connectivity index (χ0n) is 12.3. The van der Waals surface area contributed by atoms with E-state index in [1.807, 2.05) is 0 Å². The lowest BCUT2D eigenvalue weighted by atomic mass is 10.1. The van der Waals surface area contributed by atoms with Crippen LogP contribution in [-0.4, -0.2) is 25.0 Å². The molecule has 0 aliphatic carbocycles. The maximum absolute atomic E-state index is 13.8. The van der Waals surface area contributed by atoms with Gasteiger partial charge in [0.2, 0.25) is 0 Å². The lowest BCUT2D eigenvalue weighted by Crippen LogP contribution is -2.30. The molecule has 0 saturated heterocycles. The number of amides is 1. The van der Waals surface area contributed by atoms with Gasteiger partial charge in [-0.05, 0) is 31.2 Å². The van der Waals surface area contributed by atoms with Crippen LogP contribution in [0.4, 0.5) is 4.39 Å². The maximum Gasteiger partial charge on any atom is 0.254 e. The molecule has 0 saturated carbocycles. The zero-order chi connectivity index (χ0) is 15.4. The first-order valence-corrected chi connectivity index (χ1v) is 6.70. The van der Waals surface area contributed by atoms with Crippen molar-refractivity contribution in [3.05, 3.63) is 65.5 Å². The van der Waals surface area contributed by atoms with Gasteiger partial charge in [0, 0.05) is 18.2 Å². The minimum absolute atomic E-state index is 0.176. The molecule has 0 heterocycles. The third-order valence-electron chi connectivity index (χ3n) is 3.57. The lowest BCUT2D eigenvalue weighted by Gasteiger charge is -2.26. The molecule has 0 aliphatic heterocycles. The van der Waals surface area contributed by atoms with E-state index in [0.29, 0.717) is 16.9 Å². The molecule has 1 unspecified atom stereocenters. The van der Waals surface area contributed by atoms with Crippen molar-refractivity contribution in [3.63, 3.8) is 0 Å². The van der Waals surface area contributed by atoms with Crippen molar-refractivity contribution in [1.29, 1.82) is 0 Å². The molecule has 0 aliphatic rings. The number of carbonyl (C=O) groups excluding carboxylic acids is 1. The van der Waals surface area contributed by atoms with Crippen LogP contribution in [0.1, 0.15) is 28.9 Å². The Morgan fingerprint density at radius 1 is 1.19 bits per heavy atom. The third kappa shape index (κ3) is 3.21. The average Bonchev–Trinajstić information content (AvgIpc) is 2.53. The van der Waals surface area contributed by atoms with Crippen molar-refractivity contribution >= 4 is 5.91 Å². The summed E-state index contributed by atoms with van der Waals surface area (Å²) in [6.07, 6.45) is 0. The van der Waals surface area contributed by atoms with Crippen LogP contribution in [0.2, 0.25) is 0 Å². The van der Waals surface area contributed by atoms with E-state index in [2.05, 4.69) is 0 Å². The Morgan fingerprint density at radius 2 is 1.90 bits per heavy atom. The first-order chi connectivity index (χ1) is 10.0. The third-order valence-corrected chi connectivity index (χ3v) is 3.57. The molecule has 110 valence electrons. The van der Waals surface area contributed by atoms with E-state index >= 15 is 0 Å². The second-order valence-electron chi connectivity index (χ2n) is 4.85. The van der Waals surface area contributed by atoms with Gasteiger partial charge in [-0.2, -0.15) is 0 Å². The van der Waals surface area contributed by atoms with E-state index in [-0.39, 0.29) is 17.8 Å². The van der Waals surface area contributed by atoms with Crippen LogP contribution in [-0.2, 0) is 0 Å². The SMILES string of the molecule is COc1cccc(C(=O)N(C)C(C)c2ccccc2F)c1. The highest BCUT2D eigenvalue weighted by molar-refractivity contribution is 5.94. The molecule has 1 amide bonds. The van der Waals surface area contributed by atoms with Crippen LogP contribution < -0.4 is 4.74 Å². The Kier molecular flexibility index (Phi) is 4.58. The molecule has 2 rings (SSSR count). The summed E-state index contributed by atoms with van der Waals surface area (Å²) in [5.41, 5.74) is 1.01. The molecule has 21 heavy (non-hydrogen) atoms. The molecule has 1 atom stereocenters. The van der Waals surface area contributed by atoms with Crippen LogP contribution >= 0.6 is 0 Å². The molecular weight excluding hydrogens is 269 g/mol. The molecule has 4 heteroatoms. The molecule has 0 aromatic heterocycles. The summed E-state index contributed by atoms with van der Waals surface area (Å²) in [5, 5.41) is 0. The smallest absolute Gasteiger partial charge is 0.254 e. The number of halogens is 1. The highest BCUT2D eigenvalue weighted by atomic mass is 19.1. The van der Waals surface area contributed by atoms with Crippen LogP contribution in [0, 0.1) is 5.82 Å². The Bertz CT molecular complexity index is 642. The predicted molar refractivity (Wildman–Crippen MR) is 79.9 cm³/mol. The summed E-state index contributed by atoms with van der Waals surface area (Å²) >= 11 is 0. The van der Waals surface area contributed by atoms with Crippen LogP contribution in [0.3, 0.4) is 0 Å². The fourth-order valence-corrected chi connectivity index (χ4v) is 2.16. The lowest BCUT2D eigenvalue weighted by molar-refractivity contribution is 0.0740. The molecule has 0 N–H and O–H groups in total. The van der Waals surface area contributed by atoms with Crippen molar-refractivity contribution in [2.75, 3.05) is 14.2 Å². The summed E-state index contributed by atoms with van der Waals surface area (Å²) in [6.45, 7) is 1.80. The van der Waals surface area contributed by atoms with Crippen LogP contribution in [0.5, 0.6) is 5.75 Å². The van der Waals surface area contributed by atoms with E-state index < -0.39 is 0 Å². The van der Waals surface area contributed by atoms with E-state index in [9.17, 15) is 9.18 Å². The quantitative estimate of drug-likeness (QED) is 0.858. The molecule has 0 radical (unpaired) electrons. The molecular formula is C17H18FNO2. The van der Waals surface area contributed by atoms with Gasteiger partial charge in [-0.15, -0.1) is 0 Å². The minimum atomic E-state index is -0.357. The topological polar surface area (TPSA) is 29.5 Å². The van der Waals surface area contributed by atoms with Crippen LogP contribution in [0.15, 0.2) is 48.5 Å². The van der Waals surface area contributed by atoms with Gasteiger partial charge in [0.15, 0.2) is 0 Å². The van der Waals surface area contributed by atoms with Gasteiger partial charge in [-0.1, -0.05) is 24.3 Å². The van der Waals surface area contributed by atoms with Gasteiger partial charge in [-0.25, -0.2) is 4.39 Å². The molecule has 2 aromatic carbocycles. The molecule has 0 fully saturated rings. The van der Waals surface area contributed by atoms with E-state index in [1.54, 1.807) is 63.5 Å². The van der Waals surface area contributed by atoms with E-state index in [0.717, 1.165) is 0 Å². The van der Waals surface area contributed by atoms with Gasteiger partial charge >= 0.3 is 0 Å². The van der Waals surface area contributed by atoms with Gasteiger partial charge in [0.05, 0.1) is 13.2 Å². The van der Waals surface area contributed by atoms with Gasteiger partial charge in [0.25, 0.3) is 5.91 Å². The number of nitrogens with zero attached hydrogens (tertiary/aromatic N) is 1. The number of ether oxygens (including phenoxy) is 1. The van der Waals surface area contributed by atoms with Gasteiger partial charge in [0.1, 0.15) is 11.6 Å². The average molecular weight is 287 g/mol. The Labute approximate surface area is 124 Å². The number of hydrogen-bond acceptors (Lipinski definition) is 2. The Hall–Kier alpha value is -2.36. The molecule has 3 nitrogen and oxygen atoms in total. The highest BCUT2D eigenvalue weighted by Crippen LogP contribution is 2.24. The molecule has 0 spiro atoms. The largest absolute Gasteiger partial charge is 0.497 e. The summed E-state index contributed by atoms with van der Waals surface area (Å²) in [7, 11) is 3.22. The number of hydrogen-bond donors (Lipinski definition) is 0. The summed E-state index contributed by atoms with van der Waals surface area (Å²) in [4.78, 5) is 14.0. The normalized spacial score (nSPS) is 11.8. The first-order valence-electron chi connectivity index (χ1n) is 6.70. The van der Waals surface area contributed by atoms with Gasteiger partial charge < -0.3 is 9.64 Å². The summed E-state index contributed by atoms with van der Waals surface area (Å²) in [6, 6.07) is 13.1. The second kappa shape index (κ2) is 6.39. The first kappa shape index (κ1) is 15.0. The Morgan fingerprint density at radius 3 is 2.57 bits per heavy atom. The van der Waals surface area contributed by atoms with E-state index in [1.165, 1.54) is 11.0 Å². The summed E-state index contributed by atoms with van der Waals surface area (Å²) < 4.78 is 18.9. The zero-order valence-corrected chi connectivity index (χ0v) is 12.3. The highest BCUT2D eigenvalue weighted by Gasteiger charge is 2.21. The van der Waals surface area contributed by atoms with Crippen molar-refractivity contribution in [2.45, 2.75) is 13.0 Å². The second-order valence-corrected chi connectivity index (χ2v) is 4.85. The standard InChI is InChI=1S/C17H18FNO2/c1-12(15-9-4-5-10-16(15)18)19(2)17(20)13-7-6-8-14(11-13)21-3/h4-12H,1-3H3. The predicted octanol–water partition coefficient (Wildman–Crippen LogP) is 3.67.